The Morgan fingerprint density at radius 1 is 0.794 bits per heavy atom. The molecule has 6 nitrogen and oxygen atoms in total. The number of rotatable bonds is 4. The number of nitrogens with one attached hydrogen (secondary N) is 1. The van der Waals surface area contributed by atoms with Crippen LogP contribution < -0.4 is 4.91 Å². The molecule has 34 heavy (non-hydrogen) atoms. The molecule has 6 heteroatoms. The Bertz CT molecular complexity index is 907. The first-order valence-electron chi connectivity index (χ1n) is 11.0. The normalized spacial score (nSPS) is 9.65. The molecule has 0 saturated heterocycles. The molecular weight excluding hydrogens is 426 g/mol. The van der Waals surface area contributed by atoms with Gasteiger partial charge in [0, 0.05) is 25.3 Å². The minimum Gasteiger partial charge on any atom is -0.382 e. The van der Waals surface area contributed by atoms with Crippen molar-refractivity contribution in [1.82, 2.24) is 4.91 Å². The maximum atomic E-state index is 11.8. The third-order valence-electron chi connectivity index (χ3n) is 4.08. The van der Waals surface area contributed by atoms with Gasteiger partial charge in [0.1, 0.15) is 5.53 Å². The van der Waals surface area contributed by atoms with E-state index in [0.717, 1.165) is 11.1 Å². The number of hydrogen-bond donors (Lipinski definition) is 1. The first-order chi connectivity index (χ1) is 16.1. The highest BCUT2D eigenvalue weighted by atomic mass is 16.5. The van der Waals surface area contributed by atoms with Gasteiger partial charge in [0.15, 0.2) is 16.6 Å². The quantitative estimate of drug-likeness (QED) is 0.250. The van der Waals surface area contributed by atoms with Gasteiger partial charge in [-0.3, -0.25) is 4.79 Å². The fourth-order valence-corrected chi connectivity index (χ4v) is 1.90. The van der Waals surface area contributed by atoms with Crippen LogP contribution in [0.25, 0.3) is 0 Å². The zero-order chi connectivity index (χ0) is 25.8. The van der Waals surface area contributed by atoms with Crippen LogP contribution in [-0.4, -0.2) is 31.7 Å². The largest absolute Gasteiger partial charge is 0.382 e. The van der Waals surface area contributed by atoms with Gasteiger partial charge in [-0.05, 0) is 46.8 Å². The van der Waals surface area contributed by atoms with Crippen LogP contribution in [0.2, 0.25) is 0 Å². The average Bonchev–Trinajstić information content (AvgIpc) is 2.86. The van der Waals surface area contributed by atoms with Crippen molar-refractivity contribution in [1.29, 1.82) is 5.53 Å². The molecule has 0 aliphatic heterocycles. The summed E-state index contributed by atoms with van der Waals surface area (Å²) in [6.45, 7) is 10.1. The Kier molecular flexibility index (Phi) is 16.2. The lowest BCUT2D eigenvalue weighted by atomic mass is 10.0. The van der Waals surface area contributed by atoms with E-state index in [1.807, 2.05) is 113 Å². The molecule has 0 heterocycles. The summed E-state index contributed by atoms with van der Waals surface area (Å²) < 4.78 is 9.69. The molecule has 0 spiro atoms. The fraction of sp³-hybridized carbons (Fsp3) is 0.321. The van der Waals surface area contributed by atoms with E-state index in [1.54, 1.807) is 26.4 Å². The van der Waals surface area contributed by atoms with Crippen LogP contribution in [-0.2, 0) is 9.47 Å². The molecule has 0 aliphatic carbocycles. The Morgan fingerprint density at radius 3 is 1.38 bits per heavy atom. The summed E-state index contributed by atoms with van der Waals surface area (Å²) in [6, 6.07) is 27.8. The van der Waals surface area contributed by atoms with Crippen molar-refractivity contribution < 1.29 is 14.3 Å². The van der Waals surface area contributed by atoms with Crippen molar-refractivity contribution in [2.24, 2.45) is 5.11 Å². The van der Waals surface area contributed by atoms with E-state index in [2.05, 4.69) is 10.0 Å². The third-order valence-corrected chi connectivity index (χ3v) is 4.08. The van der Waals surface area contributed by atoms with Crippen LogP contribution in [0.5, 0.6) is 0 Å². The molecule has 0 saturated carbocycles. The van der Waals surface area contributed by atoms with Crippen molar-refractivity contribution in [2.75, 3.05) is 14.2 Å². The molecule has 3 aromatic rings. The van der Waals surface area contributed by atoms with Crippen LogP contribution >= 0.6 is 0 Å². The fourth-order valence-electron chi connectivity index (χ4n) is 1.90. The lowest BCUT2D eigenvalue weighted by Crippen LogP contribution is -2.15. The molecule has 0 atom stereocenters. The highest BCUT2D eigenvalue weighted by molar-refractivity contribution is 6.08. The Hall–Kier alpha value is -3.44. The molecule has 0 bridgehead atoms. The second kappa shape index (κ2) is 18.0. The van der Waals surface area contributed by atoms with Gasteiger partial charge in [0.25, 0.3) is 0 Å². The van der Waals surface area contributed by atoms with Crippen LogP contribution in [0.3, 0.4) is 0 Å². The number of benzene rings is 3. The molecule has 0 amide bonds. The minimum absolute atomic E-state index is 0.0417. The molecular formula is C28H38N3O3+. The van der Waals surface area contributed by atoms with E-state index in [0.29, 0.717) is 11.8 Å². The van der Waals surface area contributed by atoms with Crippen LogP contribution in [0, 0.1) is 5.53 Å². The highest BCUT2D eigenvalue weighted by Gasteiger charge is 2.06. The molecule has 0 unspecified atom stereocenters. The predicted octanol–water partition coefficient (Wildman–Crippen LogP) is 7.26. The zero-order valence-corrected chi connectivity index (χ0v) is 21.4. The van der Waals surface area contributed by atoms with E-state index >= 15 is 0 Å². The van der Waals surface area contributed by atoms with Gasteiger partial charge >= 0.3 is 0 Å². The second-order valence-electron chi connectivity index (χ2n) is 8.20. The molecule has 3 aromatic carbocycles. The second-order valence-corrected chi connectivity index (χ2v) is 8.20. The maximum Gasteiger partial charge on any atom is 0.220 e. The third kappa shape index (κ3) is 16.2. The van der Waals surface area contributed by atoms with Gasteiger partial charge in [-0.2, -0.15) is 0 Å². The molecule has 0 aliphatic rings. The average molecular weight is 465 g/mol. The summed E-state index contributed by atoms with van der Waals surface area (Å²) in [4.78, 5) is 14.7. The molecule has 1 N–H and O–H groups in total. The number of nitrogens with zero attached hydrogens (tertiary/aromatic N) is 2. The lowest BCUT2D eigenvalue weighted by molar-refractivity contribution is 0.0397. The standard InChI is InChI=1S/C13H10O.C6H6N3.C5H12O.C4H10O/c14-13(11-7-3-1-4-8-11)12-9-5-2-6-10-12;7-9-8-6-4-2-1-3-5-6;1-5(2,3)6-4;1-4(2)5-3/h1-10H;1-5,7H;1-4H3;4H,1-3H3/q;+1;;. The van der Waals surface area contributed by atoms with Gasteiger partial charge < -0.3 is 9.47 Å². The Labute approximate surface area is 204 Å². The van der Waals surface area contributed by atoms with Gasteiger partial charge in [-0.1, -0.05) is 78.9 Å². The zero-order valence-electron chi connectivity index (χ0n) is 21.4. The van der Waals surface area contributed by atoms with Crippen molar-refractivity contribution in [2.45, 2.75) is 46.3 Å². The van der Waals surface area contributed by atoms with Crippen LogP contribution in [0.1, 0.15) is 50.5 Å². The SMILES string of the molecule is COC(C)(C)C.COC(C)C.N=[N+]=Nc1ccccc1.O=C(c1ccccc1)c1ccccc1. The number of ether oxygens (including phenoxy) is 2. The van der Waals surface area contributed by atoms with E-state index in [-0.39, 0.29) is 11.4 Å². The van der Waals surface area contributed by atoms with Crippen LogP contribution in [0.4, 0.5) is 5.69 Å². The first-order valence-corrected chi connectivity index (χ1v) is 11.0. The molecule has 182 valence electrons. The van der Waals surface area contributed by atoms with Gasteiger partial charge in [-0.15, -0.1) is 0 Å². The summed E-state index contributed by atoms with van der Waals surface area (Å²) in [6.07, 6.45) is 0.384. The lowest BCUT2D eigenvalue weighted by Gasteiger charge is -2.14. The summed E-state index contributed by atoms with van der Waals surface area (Å²) in [5, 5.41) is 3.50. The molecule has 0 radical (unpaired) electrons. The smallest absolute Gasteiger partial charge is 0.220 e. The number of hydrogen-bond acceptors (Lipinski definition) is 5. The summed E-state index contributed by atoms with van der Waals surface area (Å²) in [5.74, 6) is 0.0752. The summed E-state index contributed by atoms with van der Waals surface area (Å²) in [5.41, 5.74) is 8.63. The molecule has 0 fully saturated rings. The maximum absolute atomic E-state index is 11.8. The number of carbonyl (C=O) groups excluding carboxylic acids is 1. The van der Waals surface area contributed by atoms with E-state index in [1.165, 1.54) is 0 Å². The van der Waals surface area contributed by atoms with E-state index in [4.69, 9.17) is 15.0 Å². The van der Waals surface area contributed by atoms with Crippen LogP contribution in [0.15, 0.2) is 96.1 Å². The topological polar surface area (TPSA) is 85.8 Å². The van der Waals surface area contributed by atoms with Crippen molar-refractivity contribution >= 4 is 11.5 Å². The Morgan fingerprint density at radius 2 is 1.12 bits per heavy atom. The Balaban J connectivity index is 0.000000471. The van der Waals surface area contributed by atoms with Gasteiger partial charge in [0.2, 0.25) is 4.91 Å². The van der Waals surface area contributed by atoms with E-state index in [9.17, 15) is 4.79 Å². The predicted molar refractivity (Wildman–Crippen MR) is 139 cm³/mol. The monoisotopic (exact) mass is 464 g/mol. The van der Waals surface area contributed by atoms with Gasteiger partial charge in [0.05, 0.1) is 11.7 Å². The summed E-state index contributed by atoms with van der Waals surface area (Å²) in [7, 11) is 3.41. The molecule has 3 rings (SSSR count). The van der Waals surface area contributed by atoms with Gasteiger partial charge in [-0.25, -0.2) is 0 Å². The highest BCUT2D eigenvalue weighted by Crippen LogP contribution is 2.08. The van der Waals surface area contributed by atoms with Crippen molar-refractivity contribution in [3.05, 3.63) is 102 Å². The van der Waals surface area contributed by atoms with Crippen molar-refractivity contribution in [3.8, 4) is 0 Å². The molecule has 0 aromatic heterocycles. The first kappa shape index (κ1) is 30.6. The number of ketones is 1. The number of carbonyl (C=O) groups is 1. The number of methoxy groups -OCH3 is 2. The summed E-state index contributed by atoms with van der Waals surface area (Å²) >= 11 is 0. The van der Waals surface area contributed by atoms with E-state index < -0.39 is 0 Å². The van der Waals surface area contributed by atoms with Crippen molar-refractivity contribution in [3.63, 3.8) is 0 Å². The minimum atomic E-state index is 0.0417.